The SMILES string of the molecule is Clc1ccc(CNc2ccc([C@H]3O[C@@H]4CN[C@H]3C4)cc2)cc1. The second-order valence-corrected chi connectivity index (χ2v) is 6.47. The molecule has 0 aliphatic carbocycles. The lowest BCUT2D eigenvalue weighted by atomic mass is 10.0. The van der Waals surface area contributed by atoms with Crippen LogP contribution in [0.5, 0.6) is 0 Å². The van der Waals surface area contributed by atoms with Crippen LogP contribution in [0.2, 0.25) is 5.02 Å². The van der Waals surface area contributed by atoms with Crippen molar-refractivity contribution < 1.29 is 4.74 Å². The Balaban J connectivity index is 1.38. The first-order valence-electron chi connectivity index (χ1n) is 7.75. The molecule has 0 saturated carbocycles. The standard InChI is InChI=1S/C18H19ClN2O/c19-14-5-1-12(2-6-14)10-20-15-7-3-13(4-8-15)18-17-9-16(22-18)11-21-17/h1-8,16-18,20-21H,9-11H2/t16-,17-,18+/m0/s1. The maximum absolute atomic E-state index is 6.03. The fraction of sp³-hybridized carbons (Fsp3) is 0.333. The van der Waals surface area contributed by atoms with Crippen molar-refractivity contribution in [1.29, 1.82) is 0 Å². The average Bonchev–Trinajstić information content (AvgIpc) is 3.18. The zero-order valence-electron chi connectivity index (χ0n) is 12.3. The molecule has 2 saturated heterocycles. The Bertz CT molecular complexity index is 641. The predicted octanol–water partition coefficient (Wildman–Crippen LogP) is 3.75. The van der Waals surface area contributed by atoms with Gasteiger partial charge in [-0.1, -0.05) is 35.9 Å². The summed E-state index contributed by atoms with van der Waals surface area (Å²) in [6.07, 6.45) is 1.75. The lowest BCUT2D eigenvalue weighted by Gasteiger charge is -2.23. The van der Waals surface area contributed by atoms with Crippen LogP contribution in [0.3, 0.4) is 0 Å². The molecule has 22 heavy (non-hydrogen) atoms. The molecule has 3 nitrogen and oxygen atoms in total. The minimum absolute atomic E-state index is 0.212. The van der Waals surface area contributed by atoms with Crippen LogP contribution in [0.25, 0.3) is 0 Å². The summed E-state index contributed by atoms with van der Waals surface area (Å²) >= 11 is 5.90. The summed E-state index contributed by atoms with van der Waals surface area (Å²) in [6.45, 7) is 1.80. The molecular formula is C18H19ClN2O. The molecule has 2 fully saturated rings. The topological polar surface area (TPSA) is 33.3 Å². The van der Waals surface area contributed by atoms with Crippen molar-refractivity contribution >= 4 is 17.3 Å². The second kappa shape index (κ2) is 5.92. The van der Waals surface area contributed by atoms with Crippen LogP contribution in [0.15, 0.2) is 48.5 Å². The number of rotatable bonds is 4. The predicted molar refractivity (Wildman–Crippen MR) is 89.2 cm³/mol. The van der Waals surface area contributed by atoms with Crippen LogP contribution in [-0.2, 0) is 11.3 Å². The third-order valence-corrected chi connectivity index (χ3v) is 4.73. The Morgan fingerprint density at radius 3 is 2.50 bits per heavy atom. The number of fused-ring (bicyclic) bond motifs is 2. The number of ether oxygens (including phenoxy) is 1. The molecule has 0 aromatic heterocycles. The summed E-state index contributed by atoms with van der Waals surface area (Å²) < 4.78 is 6.03. The summed E-state index contributed by atoms with van der Waals surface area (Å²) in [6, 6.07) is 17.0. The maximum Gasteiger partial charge on any atom is 0.0983 e. The lowest BCUT2D eigenvalue weighted by Crippen LogP contribution is -2.33. The average molecular weight is 315 g/mol. The van der Waals surface area contributed by atoms with E-state index in [9.17, 15) is 0 Å². The number of halogens is 1. The number of nitrogens with one attached hydrogen (secondary N) is 2. The van der Waals surface area contributed by atoms with E-state index in [1.165, 1.54) is 11.1 Å². The van der Waals surface area contributed by atoms with E-state index in [1.807, 2.05) is 24.3 Å². The van der Waals surface area contributed by atoms with Crippen molar-refractivity contribution in [2.45, 2.75) is 31.2 Å². The summed E-state index contributed by atoms with van der Waals surface area (Å²) in [7, 11) is 0. The van der Waals surface area contributed by atoms with Gasteiger partial charge in [0.25, 0.3) is 0 Å². The molecule has 0 spiro atoms. The van der Waals surface area contributed by atoms with E-state index in [0.29, 0.717) is 12.1 Å². The van der Waals surface area contributed by atoms with Crippen LogP contribution >= 0.6 is 11.6 Å². The molecule has 0 amide bonds. The molecule has 2 bridgehead atoms. The molecule has 0 unspecified atom stereocenters. The first-order valence-corrected chi connectivity index (χ1v) is 8.13. The highest BCUT2D eigenvalue weighted by Crippen LogP contribution is 2.37. The Labute approximate surface area is 135 Å². The van der Waals surface area contributed by atoms with Gasteiger partial charge in [0.05, 0.1) is 12.2 Å². The van der Waals surface area contributed by atoms with Gasteiger partial charge in [0, 0.05) is 29.8 Å². The van der Waals surface area contributed by atoms with Gasteiger partial charge in [-0.15, -0.1) is 0 Å². The maximum atomic E-state index is 6.03. The molecule has 2 aromatic rings. The Morgan fingerprint density at radius 1 is 1.09 bits per heavy atom. The molecular weight excluding hydrogens is 296 g/mol. The van der Waals surface area contributed by atoms with Gasteiger partial charge in [-0.25, -0.2) is 0 Å². The van der Waals surface area contributed by atoms with Crippen molar-refractivity contribution in [3.8, 4) is 0 Å². The van der Waals surface area contributed by atoms with Gasteiger partial charge in [-0.2, -0.15) is 0 Å². The smallest absolute Gasteiger partial charge is 0.0983 e. The second-order valence-electron chi connectivity index (χ2n) is 6.03. The minimum Gasteiger partial charge on any atom is -0.381 e. The van der Waals surface area contributed by atoms with E-state index < -0.39 is 0 Å². The third-order valence-electron chi connectivity index (χ3n) is 4.48. The fourth-order valence-electron chi connectivity index (χ4n) is 3.28. The van der Waals surface area contributed by atoms with Gasteiger partial charge >= 0.3 is 0 Å². The molecule has 0 radical (unpaired) electrons. The Morgan fingerprint density at radius 2 is 1.86 bits per heavy atom. The van der Waals surface area contributed by atoms with Crippen molar-refractivity contribution in [1.82, 2.24) is 5.32 Å². The summed E-state index contributed by atoms with van der Waals surface area (Å²) in [5.74, 6) is 0. The van der Waals surface area contributed by atoms with Gasteiger partial charge in [-0.3, -0.25) is 0 Å². The van der Waals surface area contributed by atoms with E-state index in [1.54, 1.807) is 0 Å². The lowest BCUT2D eigenvalue weighted by molar-refractivity contribution is 0.0160. The van der Waals surface area contributed by atoms with Crippen molar-refractivity contribution in [3.05, 3.63) is 64.7 Å². The van der Waals surface area contributed by atoms with Crippen LogP contribution in [0, 0.1) is 0 Å². The summed E-state index contributed by atoms with van der Waals surface area (Å²) in [5.41, 5.74) is 3.60. The van der Waals surface area contributed by atoms with Gasteiger partial charge in [0.15, 0.2) is 0 Å². The monoisotopic (exact) mass is 314 g/mol. The number of hydrogen-bond donors (Lipinski definition) is 2. The molecule has 2 heterocycles. The Kier molecular flexibility index (Phi) is 3.78. The van der Waals surface area contributed by atoms with Gasteiger partial charge in [0.1, 0.15) is 0 Å². The van der Waals surface area contributed by atoms with E-state index in [-0.39, 0.29) is 6.10 Å². The minimum atomic E-state index is 0.212. The molecule has 2 aliphatic heterocycles. The number of benzene rings is 2. The summed E-state index contributed by atoms with van der Waals surface area (Å²) in [5, 5.41) is 7.72. The number of hydrogen-bond acceptors (Lipinski definition) is 3. The van der Waals surface area contributed by atoms with Crippen LogP contribution < -0.4 is 10.6 Å². The molecule has 4 heteroatoms. The molecule has 2 aliphatic rings. The largest absolute Gasteiger partial charge is 0.381 e. The number of morpholine rings is 1. The van der Waals surface area contributed by atoms with Crippen molar-refractivity contribution in [2.24, 2.45) is 0 Å². The third kappa shape index (κ3) is 2.84. The quantitative estimate of drug-likeness (QED) is 0.901. The highest BCUT2D eigenvalue weighted by atomic mass is 35.5. The zero-order valence-corrected chi connectivity index (χ0v) is 13.0. The normalized spacial score (nSPS) is 26.3. The fourth-order valence-corrected chi connectivity index (χ4v) is 3.40. The van der Waals surface area contributed by atoms with E-state index >= 15 is 0 Å². The van der Waals surface area contributed by atoms with E-state index in [4.69, 9.17) is 16.3 Å². The first kappa shape index (κ1) is 14.1. The van der Waals surface area contributed by atoms with E-state index in [0.717, 1.165) is 30.2 Å². The van der Waals surface area contributed by atoms with Crippen LogP contribution in [0.4, 0.5) is 5.69 Å². The van der Waals surface area contributed by atoms with Gasteiger partial charge < -0.3 is 15.4 Å². The molecule has 114 valence electrons. The molecule has 3 atom stereocenters. The van der Waals surface area contributed by atoms with Crippen molar-refractivity contribution in [2.75, 3.05) is 11.9 Å². The molecule has 2 aromatic carbocycles. The van der Waals surface area contributed by atoms with Gasteiger partial charge in [0.2, 0.25) is 0 Å². The van der Waals surface area contributed by atoms with Crippen LogP contribution in [-0.4, -0.2) is 18.7 Å². The molecule has 4 rings (SSSR count). The Hall–Kier alpha value is -1.55. The van der Waals surface area contributed by atoms with Crippen LogP contribution in [0.1, 0.15) is 23.7 Å². The highest BCUT2D eigenvalue weighted by Gasteiger charge is 2.41. The van der Waals surface area contributed by atoms with E-state index in [2.05, 4.69) is 34.9 Å². The first-order chi connectivity index (χ1) is 10.8. The summed E-state index contributed by atoms with van der Waals surface area (Å²) in [4.78, 5) is 0. The number of anilines is 1. The molecule has 2 N–H and O–H groups in total. The van der Waals surface area contributed by atoms with Gasteiger partial charge in [-0.05, 0) is 41.8 Å². The van der Waals surface area contributed by atoms with Crippen molar-refractivity contribution in [3.63, 3.8) is 0 Å². The highest BCUT2D eigenvalue weighted by molar-refractivity contribution is 6.30. The zero-order chi connectivity index (χ0) is 14.9.